The summed E-state index contributed by atoms with van der Waals surface area (Å²) in [5.41, 5.74) is 1.72. The number of fused-ring (bicyclic) bond motifs is 1. The van der Waals surface area contributed by atoms with Gasteiger partial charge in [0.25, 0.3) is 5.91 Å². The van der Waals surface area contributed by atoms with Crippen molar-refractivity contribution in [3.05, 3.63) is 64.8 Å². The van der Waals surface area contributed by atoms with Gasteiger partial charge in [-0.15, -0.1) is 0 Å². The number of nitrogens with one attached hydrogen (secondary N) is 2. The SMILES string of the molecule is O=C(Nc1ccn2nccc2c1)c1ccc(=O)[nH]c1. The molecule has 0 radical (unpaired) electrons. The maximum atomic E-state index is 11.9. The number of carbonyl (C=O) groups excluding carboxylic acids is 1. The predicted octanol–water partition coefficient (Wildman–Crippen LogP) is 1.27. The summed E-state index contributed by atoms with van der Waals surface area (Å²) >= 11 is 0. The van der Waals surface area contributed by atoms with Gasteiger partial charge in [-0.1, -0.05) is 0 Å². The van der Waals surface area contributed by atoms with Gasteiger partial charge in [-0.05, 0) is 24.3 Å². The summed E-state index contributed by atoms with van der Waals surface area (Å²) in [5, 5.41) is 6.83. The molecule has 2 N–H and O–H groups in total. The van der Waals surface area contributed by atoms with E-state index >= 15 is 0 Å². The van der Waals surface area contributed by atoms with Crippen LogP contribution in [-0.4, -0.2) is 20.5 Å². The molecular formula is C13H10N4O2. The van der Waals surface area contributed by atoms with Gasteiger partial charge in [0.1, 0.15) is 0 Å². The molecule has 0 atom stereocenters. The third kappa shape index (κ3) is 2.23. The zero-order valence-electron chi connectivity index (χ0n) is 9.83. The summed E-state index contributed by atoms with van der Waals surface area (Å²) in [6.45, 7) is 0. The maximum Gasteiger partial charge on any atom is 0.257 e. The minimum absolute atomic E-state index is 0.239. The van der Waals surface area contributed by atoms with Gasteiger partial charge in [-0.2, -0.15) is 5.10 Å². The Kier molecular flexibility index (Phi) is 2.60. The first-order chi connectivity index (χ1) is 9.22. The molecule has 1 amide bonds. The van der Waals surface area contributed by atoms with Gasteiger partial charge in [0, 0.05) is 30.3 Å². The molecule has 0 aliphatic heterocycles. The number of carbonyl (C=O) groups is 1. The van der Waals surface area contributed by atoms with Gasteiger partial charge in [-0.3, -0.25) is 9.59 Å². The van der Waals surface area contributed by atoms with E-state index in [0.29, 0.717) is 11.3 Å². The molecule has 3 aromatic heterocycles. The van der Waals surface area contributed by atoms with Gasteiger partial charge < -0.3 is 10.3 Å². The summed E-state index contributed by atoms with van der Waals surface area (Å²) in [4.78, 5) is 25.3. The van der Waals surface area contributed by atoms with Crippen LogP contribution in [0.5, 0.6) is 0 Å². The second-order valence-electron chi connectivity index (χ2n) is 4.01. The monoisotopic (exact) mass is 254 g/mol. The van der Waals surface area contributed by atoms with Crippen molar-refractivity contribution in [1.29, 1.82) is 0 Å². The Morgan fingerprint density at radius 1 is 1.26 bits per heavy atom. The number of amides is 1. The minimum atomic E-state index is -0.278. The van der Waals surface area contributed by atoms with Gasteiger partial charge in [0.15, 0.2) is 0 Å². The normalized spacial score (nSPS) is 10.5. The van der Waals surface area contributed by atoms with Crippen molar-refractivity contribution in [3.63, 3.8) is 0 Å². The van der Waals surface area contributed by atoms with Crippen LogP contribution in [0.4, 0.5) is 5.69 Å². The Balaban J connectivity index is 1.85. The topological polar surface area (TPSA) is 79.3 Å². The fraction of sp³-hybridized carbons (Fsp3) is 0. The highest BCUT2D eigenvalue weighted by atomic mass is 16.1. The molecule has 3 heterocycles. The average Bonchev–Trinajstić information content (AvgIpc) is 2.87. The molecule has 94 valence electrons. The second-order valence-corrected chi connectivity index (χ2v) is 4.01. The van der Waals surface area contributed by atoms with Crippen molar-refractivity contribution in [2.45, 2.75) is 0 Å². The standard InChI is InChI=1S/C13H10N4O2/c18-12-2-1-9(8-14-12)13(19)16-10-4-6-17-11(7-10)3-5-15-17/h1-8H,(H,14,18)(H,16,19). The zero-order valence-corrected chi connectivity index (χ0v) is 9.83. The quantitative estimate of drug-likeness (QED) is 0.722. The number of rotatable bonds is 2. The number of nitrogens with zero attached hydrogens (tertiary/aromatic N) is 2. The largest absolute Gasteiger partial charge is 0.328 e. The first kappa shape index (κ1) is 11.2. The molecule has 19 heavy (non-hydrogen) atoms. The number of pyridine rings is 2. The fourth-order valence-corrected chi connectivity index (χ4v) is 1.75. The number of hydrogen-bond donors (Lipinski definition) is 2. The van der Waals surface area contributed by atoms with E-state index in [0.717, 1.165) is 5.52 Å². The van der Waals surface area contributed by atoms with Crippen LogP contribution in [0.2, 0.25) is 0 Å². The number of hydrogen-bond acceptors (Lipinski definition) is 3. The Hall–Kier alpha value is -2.89. The fourth-order valence-electron chi connectivity index (χ4n) is 1.75. The Labute approximate surface area is 107 Å². The third-order valence-electron chi connectivity index (χ3n) is 2.70. The molecule has 0 aliphatic carbocycles. The average molecular weight is 254 g/mol. The van der Waals surface area contributed by atoms with Crippen molar-refractivity contribution < 1.29 is 4.79 Å². The van der Waals surface area contributed by atoms with Gasteiger partial charge in [0.05, 0.1) is 11.1 Å². The van der Waals surface area contributed by atoms with Crippen molar-refractivity contribution in [2.75, 3.05) is 5.32 Å². The van der Waals surface area contributed by atoms with Crippen LogP contribution in [0.1, 0.15) is 10.4 Å². The molecule has 0 bridgehead atoms. The van der Waals surface area contributed by atoms with Crippen LogP contribution < -0.4 is 10.9 Å². The van der Waals surface area contributed by atoms with E-state index in [9.17, 15) is 9.59 Å². The van der Waals surface area contributed by atoms with Crippen LogP contribution in [0, 0.1) is 0 Å². The number of H-pyrrole nitrogens is 1. The van der Waals surface area contributed by atoms with Crippen LogP contribution in [0.3, 0.4) is 0 Å². The number of aromatic amines is 1. The van der Waals surface area contributed by atoms with Gasteiger partial charge >= 0.3 is 0 Å². The molecule has 6 heteroatoms. The van der Waals surface area contributed by atoms with E-state index in [-0.39, 0.29) is 11.5 Å². The minimum Gasteiger partial charge on any atom is -0.328 e. The summed E-state index contributed by atoms with van der Waals surface area (Å²) in [7, 11) is 0. The molecule has 0 saturated carbocycles. The van der Waals surface area contributed by atoms with Gasteiger partial charge in [0.2, 0.25) is 5.56 Å². The highest BCUT2D eigenvalue weighted by Gasteiger charge is 2.06. The Morgan fingerprint density at radius 3 is 2.95 bits per heavy atom. The van der Waals surface area contributed by atoms with E-state index in [2.05, 4.69) is 15.4 Å². The highest BCUT2D eigenvalue weighted by Crippen LogP contribution is 2.12. The molecule has 0 saturated heterocycles. The zero-order chi connectivity index (χ0) is 13.2. The molecular weight excluding hydrogens is 244 g/mol. The molecule has 3 rings (SSSR count). The lowest BCUT2D eigenvalue weighted by Gasteiger charge is -2.05. The van der Waals surface area contributed by atoms with Crippen LogP contribution >= 0.6 is 0 Å². The molecule has 0 fully saturated rings. The summed E-state index contributed by atoms with van der Waals surface area (Å²) in [5.74, 6) is -0.278. The molecule has 0 unspecified atom stereocenters. The molecule has 0 aromatic carbocycles. The van der Waals surface area contributed by atoms with E-state index in [1.54, 1.807) is 23.0 Å². The lowest BCUT2D eigenvalue weighted by Crippen LogP contribution is -2.14. The number of aromatic nitrogens is 3. The van der Waals surface area contributed by atoms with Crippen molar-refractivity contribution in [1.82, 2.24) is 14.6 Å². The summed E-state index contributed by atoms with van der Waals surface area (Å²) in [6.07, 6.45) is 4.83. The predicted molar refractivity (Wildman–Crippen MR) is 70.2 cm³/mol. The molecule has 0 aliphatic rings. The molecule has 3 aromatic rings. The van der Waals surface area contributed by atoms with Crippen LogP contribution in [0.15, 0.2) is 53.7 Å². The summed E-state index contributed by atoms with van der Waals surface area (Å²) in [6, 6.07) is 8.20. The van der Waals surface area contributed by atoms with Crippen molar-refractivity contribution >= 4 is 17.1 Å². The van der Waals surface area contributed by atoms with E-state index in [4.69, 9.17) is 0 Å². The van der Waals surface area contributed by atoms with Crippen molar-refractivity contribution in [3.8, 4) is 0 Å². The van der Waals surface area contributed by atoms with Crippen molar-refractivity contribution in [2.24, 2.45) is 0 Å². The Bertz CT molecular complexity index is 783. The number of anilines is 1. The highest BCUT2D eigenvalue weighted by molar-refractivity contribution is 6.04. The maximum absolute atomic E-state index is 11.9. The van der Waals surface area contributed by atoms with Crippen LogP contribution in [-0.2, 0) is 0 Å². The Morgan fingerprint density at radius 2 is 2.16 bits per heavy atom. The molecule has 6 nitrogen and oxygen atoms in total. The van der Waals surface area contributed by atoms with E-state index in [1.165, 1.54) is 18.3 Å². The van der Waals surface area contributed by atoms with Gasteiger partial charge in [-0.25, -0.2) is 4.52 Å². The first-order valence-corrected chi connectivity index (χ1v) is 5.66. The van der Waals surface area contributed by atoms with E-state index in [1.807, 2.05) is 12.1 Å². The molecule has 0 spiro atoms. The summed E-state index contributed by atoms with van der Waals surface area (Å²) < 4.78 is 1.70. The smallest absolute Gasteiger partial charge is 0.257 e. The van der Waals surface area contributed by atoms with Crippen LogP contribution in [0.25, 0.3) is 5.52 Å². The lowest BCUT2D eigenvalue weighted by atomic mass is 10.2. The second kappa shape index (κ2) is 4.41. The lowest BCUT2D eigenvalue weighted by molar-refractivity contribution is 0.102. The third-order valence-corrected chi connectivity index (χ3v) is 2.70. The first-order valence-electron chi connectivity index (χ1n) is 5.66. The van der Waals surface area contributed by atoms with E-state index < -0.39 is 0 Å².